The minimum Gasteiger partial charge on any atom is -0.295 e. The number of H-pyrrole nitrogens is 1. The average molecular weight is 227 g/mol. The van der Waals surface area contributed by atoms with Gasteiger partial charge in [-0.2, -0.15) is 0 Å². The van der Waals surface area contributed by atoms with E-state index in [0.29, 0.717) is 11.3 Å². The summed E-state index contributed by atoms with van der Waals surface area (Å²) in [4.78, 5) is 11.2. The number of nitrogens with one attached hydrogen (secondary N) is 1. The van der Waals surface area contributed by atoms with E-state index < -0.39 is 5.82 Å². The van der Waals surface area contributed by atoms with Crippen molar-refractivity contribution < 1.29 is 4.39 Å². The summed E-state index contributed by atoms with van der Waals surface area (Å²) in [5, 5.41) is 3.09. The molecule has 1 N–H and O–H groups in total. The van der Waals surface area contributed by atoms with Crippen LogP contribution in [0, 0.1) is 5.82 Å². The van der Waals surface area contributed by atoms with Gasteiger partial charge in [0.05, 0.1) is 10.7 Å². The highest BCUT2D eigenvalue weighted by molar-refractivity contribution is 6.33. The Morgan fingerprint density at radius 2 is 2.13 bits per heavy atom. The average Bonchev–Trinajstić information content (AvgIpc) is 2.46. The van der Waals surface area contributed by atoms with Crippen LogP contribution in [0.3, 0.4) is 0 Å². The van der Waals surface area contributed by atoms with Crippen molar-refractivity contribution in [3.05, 3.63) is 45.5 Å². The molecule has 0 amide bonds. The van der Waals surface area contributed by atoms with Gasteiger partial charge in [-0.3, -0.25) is 14.6 Å². The minimum atomic E-state index is -0.401. The molecule has 2 aromatic rings. The van der Waals surface area contributed by atoms with Gasteiger partial charge in [-0.1, -0.05) is 11.6 Å². The molecule has 0 atom stereocenters. The molecule has 15 heavy (non-hydrogen) atoms. The van der Waals surface area contributed by atoms with Gasteiger partial charge in [0.1, 0.15) is 5.82 Å². The molecule has 1 aromatic carbocycles. The van der Waals surface area contributed by atoms with E-state index in [2.05, 4.69) is 5.10 Å². The van der Waals surface area contributed by atoms with Crippen LogP contribution in [0.25, 0.3) is 11.3 Å². The van der Waals surface area contributed by atoms with Crippen LogP contribution in [-0.2, 0) is 7.05 Å². The Morgan fingerprint density at radius 3 is 2.67 bits per heavy atom. The van der Waals surface area contributed by atoms with Crippen molar-refractivity contribution in [3.8, 4) is 11.3 Å². The van der Waals surface area contributed by atoms with E-state index >= 15 is 0 Å². The summed E-state index contributed by atoms with van der Waals surface area (Å²) >= 11 is 5.85. The highest BCUT2D eigenvalue weighted by atomic mass is 35.5. The fraction of sp³-hybridized carbons (Fsp3) is 0.100. The summed E-state index contributed by atoms with van der Waals surface area (Å²) in [6, 6.07) is 5.46. The first kappa shape index (κ1) is 9.98. The second-order valence-electron chi connectivity index (χ2n) is 3.19. The van der Waals surface area contributed by atoms with Crippen LogP contribution in [0.5, 0.6) is 0 Å². The zero-order valence-electron chi connectivity index (χ0n) is 7.92. The number of aryl methyl sites for hydroxylation is 1. The van der Waals surface area contributed by atoms with Crippen molar-refractivity contribution in [1.82, 2.24) is 9.78 Å². The Hall–Kier alpha value is -1.55. The number of aromatic nitrogens is 2. The first-order chi connectivity index (χ1) is 7.08. The van der Waals surface area contributed by atoms with Crippen molar-refractivity contribution in [2.45, 2.75) is 0 Å². The number of hydrogen-bond acceptors (Lipinski definition) is 1. The number of hydrogen-bond donors (Lipinski definition) is 1. The second kappa shape index (κ2) is 3.55. The van der Waals surface area contributed by atoms with Crippen LogP contribution >= 0.6 is 11.6 Å². The van der Waals surface area contributed by atoms with E-state index in [1.54, 1.807) is 7.05 Å². The lowest BCUT2D eigenvalue weighted by Gasteiger charge is -2.00. The molecule has 78 valence electrons. The number of rotatable bonds is 1. The van der Waals surface area contributed by atoms with Gasteiger partial charge in [0.25, 0.3) is 5.56 Å². The molecule has 0 bridgehead atoms. The molecule has 1 heterocycles. The maximum atomic E-state index is 12.8. The fourth-order valence-corrected chi connectivity index (χ4v) is 1.60. The van der Waals surface area contributed by atoms with E-state index in [9.17, 15) is 9.18 Å². The summed E-state index contributed by atoms with van der Waals surface area (Å²) in [7, 11) is 1.60. The lowest BCUT2D eigenvalue weighted by Crippen LogP contribution is -2.09. The van der Waals surface area contributed by atoms with Crippen molar-refractivity contribution in [3.63, 3.8) is 0 Å². The van der Waals surface area contributed by atoms with Gasteiger partial charge < -0.3 is 0 Å². The minimum absolute atomic E-state index is 0.162. The molecule has 0 saturated heterocycles. The summed E-state index contributed by atoms with van der Waals surface area (Å²) < 4.78 is 14.1. The maximum absolute atomic E-state index is 12.8. The predicted molar refractivity (Wildman–Crippen MR) is 56.4 cm³/mol. The standard InChI is InChI=1S/C10H8ClFN2O/c1-14-10(15)5-9(13-14)7-3-2-6(12)4-8(7)11/h2-5,13H,1H3. The summed E-state index contributed by atoms with van der Waals surface area (Å²) in [5.41, 5.74) is 1.02. The molecule has 2 rings (SSSR count). The molecular weight excluding hydrogens is 219 g/mol. The SMILES string of the molecule is Cn1[nH]c(-c2ccc(F)cc2Cl)cc1=O. The monoisotopic (exact) mass is 226 g/mol. The zero-order chi connectivity index (χ0) is 11.0. The third kappa shape index (κ3) is 1.80. The number of aromatic amines is 1. The quantitative estimate of drug-likeness (QED) is 0.795. The van der Waals surface area contributed by atoms with Crippen molar-refractivity contribution >= 4 is 11.6 Å². The lowest BCUT2D eigenvalue weighted by atomic mass is 10.1. The van der Waals surface area contributed by atoms with Crippen molar-refractivity contribution in [2.75, 3.05) is 0 Å². The molecule has 1 aromatic heterocycles. The second-order valence-corrected chi connectivity index (χ2v) is 3.60. The third-order valence-electron chi connectivity index (χ3n) is 2.11. The largest absolute Gasteiger partial charge is 0.295 e. The highest BCUT2D eigenvalue weighted by Crippen LogP contribution is 2.25. The maximum Gasteiger partial charge on any atom is 0.266 e. The molecular formula is C10H8ClFN2O. The summed E-state index contributed by atoms with van der Waals surface area (Å²) in [6.07, 6.45) is 0. The molecule has 0 saturated carbocycles. The Balaban J connectivity index is 2.59. The van der Waals surface area contributed by atoms with E-state index in [1.807, 2.05) is 0 Å². The molecule has 0 aliphatic heterocycles. The van der Waals surface area contributed by atoms with E-state index in [0.717, 1.165) is 0 Å². The van der Waals surface area contributed by atoms with Crippen LogP contribution in [0.2, 0.25) is 5.02 Å². The number of benzene rings is 1. The molecule has 0 aliphatic carbocycles. The van der Waals surface area contributed by atoms with Gasteiger partial charge in [-0.25, -0.2) is 4.39 Å². The third-order valence-corrected chi connectivity index (χ3v) is 2.42. The van der Waals surface area contributed by atoms with Crippen molar-refractivity contribution in [1.29, 1.82) is 0 Å². The molecule has 0 fully saturated rings. The van der Waals surface area contributed by atoms with Gasteiger partial charge >= 0.3 is 0 Å². The Labute approximate surface area is 90.1 Å². The van der Waals surface area contributed by atoms with Gasteiger partial charge in [0.15, 0.2) is 0 Å². The van der Waals surface area contributed by atoms with E-state index in [4.69, 9.17) is 11.6 Å². The Bertz CT molecular complexity index is 559. The van der Waals surface area contributed by atoms with Crippen molar-refractivity contribution in [2.24, 2.45) is 7.05 Å². The smallest absolute Gasteiger partial charge is 0.266 e. The van der Waals surface area contributed by atoms with Crippen LogP contribution in [0.15, 0.2) is 29.1 Å². The van der Waals surface area contributed by atoms with Gasteiger partial charge in [0, 0.05) is 18.7 Å². The lowest BCUT2D eigenvalue weighted by molar-refractivity contribution is 0.628. The predicted octanol–water partition coefficient (Wildman–Crippen LogP) is 2.17. The first-order valence-electron chi connectivity index (χ1n) is 4.29. The number of halogens is 2. The van der Waals surface area contributed by atoms with Crippen LogP contribution in [0.4, 0.5) is 4.39 Å². The Morgan fingerprint density at radius 1 is 1.40 bits per heavy atom. The van der Waals surface area contributed by atoms with E-state index in [-0.39, 0.29) is 10.6 Å². The highest BCUT2D eigenvalue weighted by Gasteiger charge is 2.07. The summed E-state index contributed by atoms with van der Waals surface area (Å²) in [5.74, 6) is -0.401. The summed E-state index contributed by atoms with van der Waals surface area (Å²) in [6.45, 7) is 0. The Kier molecular flexibility index (Phi) is 2.36. The topological polar surface area (TPSA) is 37.8 Å². The van der Waals surface area contributed by atoms with Gasteiger partial charge in [-0.05, 0) is 18.2 Å². The van der Waals surface area contributed by atoms with Gasteiger partial charge in [0.2, 0.25) is 0 Å². The van der Waals surface area contributed by atoms with Crippen LogP contribution < -0.4 is 5.56 Å². The fourth-order valence-electron chi connectivity index (χ4n) is 1.33. The molecule has 0 radical (unpaired) electrons. The van der Waals surface area contributed by atoms with Gasteiger partial charge in [-0.15, -0.1) is 0 Å². The molecule has 0 unspecified atom stereocenters. The molecule has 0 spiro atoms. The molecule has 0 aliphatic rings. The normalized spacial score (nSPS) is 10.6. The van der Waals surface area contributed by atoms with Crippen LogP contribution in [-0.4, -0.2) is 9.78 Å². The van der Waals surface area contributed by atoms with Crippen LogP contribution in [0.1, 0.15) is 0 Å². The number of nitrogens with zero attached hydrogens (tertiary/aromatic N) is 1. The molecule has 3 nitrogen and oxygen atoms in total. The molecule has 5 heteroatoms. The zero-order valence-corrected chi connectivity index (χ0v) is 8.68. The van der Waals surface area contributed by atoms with E-state index in [1.165, 1.54) is 28.9 Å². The first-order valence-corrected chi connectivity index (χ1v) is 4.67.